The van der Waals surface area contributed by atoms with Gasteiger partial charge >= 0.3 is 6.03 Å². The molecule has 0 aliphatic carbocycles. The number of ether oxygens (including phenoxy) is 2. The third-order valence-electron chi connectivity index (χ3n) is 7.95. The Labute approximate surface area is 253 Å². The van der Waals surface area contributed by atoms with Gasteiger partial charge < -0.3 is 14.0 Å². The molecule has 4 aromatic rings. The third-order valence-corrected chi connectivity index (χ3v) is 8.30. The smallest absolute Gasteiger partial charge is 0.329 e. The van der Waals surface area contributed by atoms with Gasteiger partial charge in [0.15, 0.2) is 0 Å². The molecule has 43 heavy (non-hydrogen) atoms. The van der Waals surface area contributed by atoms with Gasteiger partial charge in [-0.25, -0.2) is 14.2 Å². The van der Waals surface area contributed by atoms with Crippen molar-refractivity contribution in [2.24, 2.45) is 7.05 Å². The SMILES string of the molecule is COCC1c2ccc(-c3ncc(N4CCC(=O)NC4=O)n3C)cc2CN1Cc1ccc(OCc2c(F)cccc2Cl)cc1. The second-order valence-electron chi connectivity index (χ2n) is 10.7. The number of imidazole rings is 1. The van der Waals surface area contributed by atoms with Gasteiger partial charge in [-0.15, -0.1) is 0 Å². The fraction of sp³-hybridized carbons (Fsp3) is 0.281. The van der Waals surface area contributed by atoms with E-state index in [1.807, 2.05) is 41.9 Å². The molecular formula is C32H31ClFN5O4. The van der Waals surface area contributed by atoms with Crippen molar-refractivity contribution < 1.29 is 23.5 Å². The molecule has 3 amide bonds. The van der Waals surface area contributed by atoms with Crippen molar-refractivity contribution in [3.63, 3.8) is 0 Å². The molecule has 3 heterocycles. The van der Waals surface area contributed by atoms with Crippen LogP contribution in [0.1, 0.15) is 34.7 Å². The number of hydrogen-bond acceptors (Lipinski definition) is 6. The van der Waals surface area contributed by atoms with Crippen molar-refractivity contribution >= 4 is 29.4 Å². The van der Waals surface area contributed by atoms with E-state index in [0.717, 1.165) is 23.5 Å². The Morgan fingerprint density at radius 2 is 1.93 bits per heavy atom. The molecule has 3 aromatic carbocycles. The van der Waals surface area contributed by atoms with E-state index < -0.39 is 6.03 Å². The molecule has 1 saturated heterocycles. The zero-order valence-corrected chi connectivity index (χ0v) is 24.6. The van der Waals surface area contributed by atoms with Gasteiger partial charge in [0, 0.05) is 51.3 Å². The molecule has 0 spiro atoms. The van der Waals surface area contributed by atoms with Gasteiger partial charge in [0.05, 0.1) is 23.9 Å². The van der Waals surface area contributed by atoms with E-state index in [1.165, 1.54) is 22.1 Å². The van der Waals surface area contributed by atoms with Crippen molar-refractivity contribution in [3.8, 4) is 17.1 Å². The van der Waals surface area contributed by atoms with Crippen molar-refractivity contribution in [2.45, 2.75) is 32.2 Å². The number of imide groups is 1. The van der Waals surface area contributed by atoms with E-state index >= 15 is 0 Å². The van der Waals surface area contributed by atoms with Gasteiger partial charge in [-0.1, -0.05) is 41.9 Å². The number of carbonyl (C=O) groups excluding carboxylic acids is 2. The highest BCUT2D eigenvalue weighted by Gasteiger charge is 2.31. The highest BCUT2D eigenvalue weighted by molar-refractivity contribution is 6.31. The number of nitrogens with one attached hydrogen (secondary N) is 1. The number of methoxy groups -OCH3 is 1. The molecule has 6 rings (SSSR count). The topological polar surface area (TPSA) is 88.9 Å². The first-order valence-corrected chi connectivity index (χ1v) is 14.3. The predicted octanol–water partition coefficient (Wildman–Crippen LogP) is 5.61. The Kier molecular flexibility index (Phi) is 8.16. The minimum Gasteiger partial charge on any atom is -0.489 e. The lowest BCUT2D eigenvalue weighted by molar-refractivity contribution is -0.120. The first kappa shape index (κ1) is 28.9. The Hall–Kier alpha value is -4.25. The summed E-state index contributed by atoms with van der Waals surface area (Å²) in [6, 6.07) is 18.3. The standard InChI is InChI=1S/C32H31ClFN5O4/c1-37-30(39-13-12-29(40)36-32(39)41)15-35-31(37)21-8-11-24-22(14-21)17-38(28(24)19-42-2)16-20-6-9-23(10-7-20)43-18-25-26(33)4-3-5-27(25)34/h3-11,14-15,28H,12-13,16-19H2,1-2H3,(H,36,40,41). The van der Waals surface area contributed by atoms with Crippen LogP contribution in [0.25, 0.3) is 11.4 Å². The summed E-state index contributed by atoms with van der Waals surface area (Å²) < 4.78 is 27.4. The van der Waals surface area contributed by atoms with Crippen molar-refractivity contribution in [3.05, 3.63) is 100.0 Å². The van der Waals surface area contributed by atoms with Gasteiger partial charge in [0.2, 0.25) is 5.91 Å². The first-order chi connectivity index (χ1) is 20.8. The summed E-state index contributed by atoms with van der Waals surface area (Å²) in [6.45, 7) is 2.34. The monoisotopic (exact) mass is 603 g/mol. The number of aromatic nitrogens is 2. The Balaban J connectivity index is 1.16. The van der Waals surface area contributed by atoms with Crippen LogP contribution in [0.5, 0.6) is 5.75 Å². The highest BCUT2D eigenvalue weighted by atomic mass is 35.5. The van der Waals surface area contributed by atoms with Crippen LogP contribution in [0.2, 0.25) is 5.02 Å². The van der Waals surface area contributed by atoms with Crippen molar-refractivity contribution in [2.75, 3.05) is 25.2 Å². The Morgan fingerprint density at radius 1 is 1.12 bits per heavy atom. The maximum absolute atomic E-state index is 14.1. The number of benzene rings is 3. The maximum Gasteiger partial charge on any atom is 0.329 e. The maximum atomic E-state index is 14.1. The molecule has 1 atom stereocenters. The number of carbonyl (C=O) groups is 2. The molecule has 222 valence electrons. The number of halogens is 2. The molecule has 2 aliphatic rings. The average Bonchev–Trinajstić information content (AvgIpc) is 3.53. The van der Waals surface area contributed by atoms with Crippen LogP contribution < -0.4 is 15.0 Å². The summed E-state index contributed by atoms with van der Waals surface area (Å²) in [6.07, 6.45) is 1.91. The zero-order valence-electron chi connectivity index (χ0n) is 23.8. The molecule has 1 unspecified atom stereocenters. The molecular weight excluding hydrogens is 573 g/mol. The lowest BCUT2D eigenvalue weighted by Gasteiger charge is -2.26. The van der Waals surface area contributed by atoms with Crippen LogP contribution >= 0.6 is 11.6 Å². The predicted molar refractivity (Wildman–Crippen MR) is 160 cm³/mol. The molecule has 11 heteroatoms. The number of anilines is 1. The normalized spacial score (nSPS) is 16.8. The minimum atomic E-state index is -0.438. The quantitative estimate of drug-likeness (QED) is 0.268. The zero-order chi connectivity index (χ0) is 30.1. The highest BCUT2D eigenvalue weighted by Crippen LogP contribution is 2.38. The van der Waals surface area contributed by atoms with Crippen molar-refractivity contribution in [1.29, 1.82) is 0 Å². The van der Waals surface area contributed by atoms with E-state index in [2.05, 4.69) is 27.3 Å². The molecule has 0 radical (unpaired) electrons. The lowest BCUT2D eigenvalue weighted by atomic mass is 10.0. The molecule has 9 nitrogen and oxygen atoms in total. The summed E-state index contributed by atoms with van der Waals surface area (Å²) >= 11 is 6.12. The van der Waals surface area contributed by atoms with Crippen LogP contribution in [0, 0.1) is 5.82 Å². The summed E-state index contributed by atoms with van der Waals surface area (Å²) in [5.41, 5.74) is 4.77. The van der Waals surface area contributed by atoms with Gasteiger partial charge in [0.1, 0.15) is 29.8 Å². The van der Waals surface area contributed by atoms with Crippen molar-refractivity contribution in [1.82, 2.24) is 19.8 Å². The summed E-state index contributed by atoms with van der Waals surface area (Å²) in [4.78, 5) is 32.5. The van der Waals surface area contributed by atoms with Crippen LogP contribution in [0.3, 0.4) is 0 Å². The number of nitrogens with zero attached hydrogens (tertiary/aromatic N) is 4. The second kappa shape index (κ2) is 12.2. The molecule has 1 N–H and O–H groups in total. The minimum absolute atomic E-state index is 0.0485. The Morgan fingerprint density at radius 3 is 2.67 bits per heavy atom. The van der Waals surface area contributed by atoms with Gasteiger partial charge in [-0.2, -0.15) is 0 Å². The second-order valence-corrected chi connectivity index (χ2v) is 11.1. The molecule has 2 aliphatic heterocycles. The van der Waals surface area contributed by atoms with E-state index in [1.54, 1.807) is 25.4 Å². The van der Waals surface area contributed by atoms with Gasteiger partial charge in [0.25, 0.3) is 0 Å². The number of amides is 3. The third kappa shape index (κ3) is 5.86. The van der Waals surface area contributed by atoms with Crippen LogP contribution in [0.4, 0.5) is 15.0 Å². The van der Waals surface area contributed by atoms with Crippen LogP contribution in [0.15, 0.2) is 66.9 Å². The first-order valence-electron chi connectivity index (χ1n) is 14.0. The Bertz CT molecular complexity index is 1650. The largest absolute Gasteiger partial charge is 0.489 e. The summed E-state index contributed by atoms with van der Waals surface area (Å²) in [7, 11) is 3.57. The van der Waals surface area contributed by atoms with E-state index in [-0.39, 0.29) is 30.8 Å². The number of fused-ring (bicyclic) bond motifs is 1. The van der Waals surface area contributed by atoms with Gasteiger partial charge in [-0.05, 0) is 47.0 Å². The van der Waals surface area contributed by atoms with Crippen LogP contribution in [-0.4, -0.2) is 46.7 Å². The van der Waals surface area contributed by atoms with Crippen LogP contribution in [-0.2, 0) is 36.3 Å². The molecule has 1 fully saturated rings. The number of urea groups is 1. The molecule has 0 saturated carbocycles. The number of rotatable bonds is 9. The molecule has 0 bridgehead atoms. The summed E-state index contributed by atoms with van der Waals surface area (Å²) in [5.74, 6) is 1.33. The lowest BCUT2D eigenvalue weighted by Crippen LogP contribution is -2.50. The van der Waals surface area contributed by atoms with E-state index in [4.69, 9.17) is 21.1 Å². The fourth-order valence-corrected chi connectivity index (χ4v) is 5.92. The number of hydrogen-bond donors (Lipinski definition) is 1. The average molecular weight is 604 g/mol. The van der Waals surface area contributed by atoms with Gasteiger partial charge in [-0.3, -0.25) is 19.9 Å². The fourth-order valence-electron chi connectivity index (χ4n) is 5.71. The molecule has 1 aromatic heterocycles. The summed E-state index contributed by atoms with van der Waals surface area (Å²) in [5, 5.41) is 2.70. The van der Waals surface area contributed by atoms with E-state index in [9.17, 15) is 14.0 Å². The van der Waals surface area contributed by atoms with E-state index in [0.29, 0.717) is 41.8 Å².